The van der Waals surface area contributed by atoms with E-state index in [1.807, 2.05) is 34.9 Å². The van der Waals surface area contributed by atoms with Gasteiger partial charge in [-0.15, -0.1) is 17.3 Å². The fraction of sp³-hybridized carbons (Fsp3) is 0.306. The fourth-order valence-electron chi connectivity index (χ4n) is 6.63. The molecule has 4 aromatic carbocycles. The number of nitrogens with zero attached hydrogens (tertiary/aromatic N) is 7. The number of nitro benzene ring substituents is 1. The van der Waals surface area contributed by atoms with Gasteiger partial charge in [-0.25, -0.2) is 9.80 Å². The highest BCUT2D eigenvalue weighted by atomic mass is 32.2. The fourth-order valence-corrected chi connectivity index (χ4v) is 8.50. The van der Waals surface area contributed by atoms with Crippen LogP contribution in [-0.2, 0) is 16.1 Å². The van der Waals surface area contributed by atoms with Crippen LogP contribution < -0.4 is 0 Å². The Balaban J connectivity index is 1.28. The van der Waals surface area contributed by atoms with Crippen LogP contribution in [0.1, 0.15) is 28.7 Å². The van der Waals surface area contributed by atoms with Crippen molar-refractivity contribution in [3.05, 3.63) is 158 Å². The third-order valence-electron chi connectivity index (χ3n) is 8.99. The molecule has 0 spiro atoms. The van der Waals surface area contributed by atoms with Crippen LogP contribution in [-0.4, -0.2) is 76.4 Å². The highest BCUT2D eigenvalue weighted by Crippen LogP contribution is 2.52. The van der Waals surface area contributed by atoms with Gasteiger partial charge in [0, 0.05) is 49.6 Å². The molecule has 4 aromatic rings. The van der Waals surface area contributed by atoms with Gasteiger partial charge in [0.05, 0.1) is 9.67 Å². The molecule has 246 valence electrons. The van der Waals surface area contributed by atoms with Crippen LogP contribution in [0, 0.1) is 10.1 Å². The van der Waals surface area contributed by atoms with E-state index in [1.54, 1.807) is 17.1 Å². The minimum atomic E-state index is -0.529. The number of thioether (sulfide) groups is 1. The molecule has 1 amide bonds. The number of hydrogen-bond acceptors (Lipinski definition) is 7. The van der Waals surface area contributed by atoms with E-state index in [2.05, 4.69) is 87.8 Å². The Morgan fingerprint density at radius 1 is 0.875 bits per heavy atom. The smallest absolute Gasteiger partial charge is 0.410 e. The normalized spacial score (nSPS) is 18.2. The maximum atomic E-state index is 13.8. The van der Waals surface area contributed by atoms with Crippen molar-refractivity contribution < 1.29 is 14.5 Å². The van der Waals surface area contributed by atoms with Crippen molar-refractivity contribution in [2.75, 3.05) is 39.3 Å². The first-order valence-electron chi connectivity index (χ1n) is 16.0. The maximum Gasteiger partial charge on any atom is 0.410 e. The first kappa shape index (κ1) is 32.9. The number of benzene rings is 4. The molecule has 0 aromatic heterocycles. The van der Waals surface area contributed by atoms with Crippen LogP contribution in [0.4, 0.5) is 10.5 Å². The van der Waals surface area contributed by atoms with Crippen LogP contribution in [0.3, 0.4) is 0 Å². The summed E-state index contributed by atoms with van der Waals surface area (Å²) in [5.74, 6) is 0. The molecule has 2 aliphatic heterocycles. The van der Waals surface area contributed by atoms with Crippen molar-refractivity contribution in [1.82, 2.24) is 14.8 Å². The van der Waals surface area contributed by atoms with E-state index < -0.39 is 15.8 Å². The van der Waals surface area contributed by atoms with Gasteiger partial charge in [0.1, 0.15) is 19.7 Å². The largest absolute Gasteiger partial charge is 0.445 e. The number of likely N-dealkylation sites (tertiary alicyclic amines) is 1. The lowest BCUT2D eigenvalue weighted by Gasteiger charge is -2.37. The van der Waals surface area contributed by atoms with Gasteiger partial charge in [-0.3, -0.25) is 15.0 Å². The number of piperazine rings is 1. The molecular formula is C36H37N7O4S. The van der Waals surface area contributed by atoms with Gasteiger partial charge in [-0.2, -0.15) is 4.91 Å². The second kappa shape index (κ2) is 15.2. The quantitative estimate of drug-likeness (QED) is 0.0413. The predicted octanol–water partition coefficient (Wildman–Crippen LogP) is 7.24. The summed E-state index contributed by atoms with van der Waals surface area (Å²) in [6.45, 7) is 3.88. The molecule has 0 N–H and O–H groups in total. The zero-order valence-corrected chi connectivity index (χ0v) is 27.3. The molecule has 2 aliphatic rings. The lowest BCUT2D eigenvalue weighted by molar-refractivity contribution is -0.384. The van der Waals surface area contributed by atoms with Crippen molar-refractivity contribution >= 4 is 23.5 Å². The topological polar surface area (TPSA) is 128 Å². The standard InChI is InChI=1S/C36H37N7O4S/c37-38-39-41-22-20-40(21-23-41)25-33-24-34(26-42(33)35(44)47-27-28-16-18-32(19-17-28)43(45)46)48-36(29-10-4-1-5-11-29,30-12-6-2-7-13-30)31-14-8-3-9-15-31/h1-19,33-34H,20-27H2/t33-,34-/m0/s1. The van der Waals surface area contributed by atoms with E-state index in [0.29, 0.717) is 31.7 Å². The van der Waals surface area contributed by atoms with Crippen molar-refractivity contribution in [3.63, 3.8) is 0 Å². The Kier molecular flexibility index (Phi) is 10.4. The summed E-state index contributed by atoms with van der Waals surface area (Å²) in [4.78, 5) is 31.5. The first-order valence-corrected chi connectivity index (χ1v) is 16.9. The lowest BCUT2D eigenvalue weighted by atomic mass is 9.84. The molecule has 0 radical (unpaired) electrons. The van der Waals surface area contributed by atoms with Crippen LogP contribution in [0.15, 0.2) is 120 Å². The third kappa shape index (κ3) is 7.41. The number of carbonyl (C=O) groups excluding carboxylic acids is 1. The van der Waals surface area contributed by atoms with Gasteiger partial charge in [-0.05, 0) is 46.0 Å². The highest BCUT2D eigenvalue weighted by molar-refractivity contribution is 8.01. The van der Waals surface area contributed by atoms with Crippen LogP contribution in [0.25, 0.3) is 10.4 Å². The number of hydrogen-bond donors (Lipinski definition) is 0. The van der Waals surface area contributed by atoms with E-state index in [4.69, 9.17) is 10.3 Å². The van der Waals surface area contributed by atoms with E-state index in [0.717, 1.165) is 36.2 Å². The molecule has 2 saturated heterocycles. The lowest BCUT2D eigenvalue weighted by Crippen LogP contribution is -2.49. The summed E-state index contributed by atoms with van der Waals surface area (Å²) in [6, 6.07) is 37.6. The Morgan fingerprint density at radius 3 is 1.92 bits per heavy atom. The van der Waals surface area contributed by atoms with Gasteiger partial charge in [0.25, 0.3) is 5.69 Å². The molecule has 48 heavy (non-hydrogen) atoms. The Labute approximate surface area is 283 Å². The van der Waals surface area contributed by atoms with Crippen molar-refractivity contribution in [3.8, 4) is 0 Å². The van der Waals surface area contributed by atoms with Crippen LogP contribution in [0.2, 0.25) is 0 Å². The van der Waals surface area contributed by atoms with E-state index >= 15 is 0 Å². The average molecular weight is 664 g/mol. The number of amides is 1. The SMILES string of the molecule is [N-]=[N+]=NN1CCN(C[C@@H]2C[C@H](SC(c3ccccc3)(c3ccccc3)c3ccccc3)CN2C(=O)OCc2ccc([N+](=O)[O-])cc2)CC1. The summed E-state index contributed by atoms with van der Waals surface area (Å²) < 4.78 is 5.31. The van der Waals surface area contributed by atoms with E-state index in [1.165, 1.54) is 12.1 Å². The second-order valence-corrected chi connectivity index (χ2v) is 13.5. The first-order chi connectivity index (χ1) is 23.5. The van der Waals surface area contributed by atoms with Gasteiger partial charge >= 0.3 is 6.09 Å². The number of ether oxygens (including phenoxy) is 1. The van der Waals surface area contributed by atoms with Crippen LogP contribution >= 0.6 is 11.8 Å². The van der Waals surface area contributed by atoms with Crippen molar-refractivity contribution in [2.24, 2.45) is 5.22 Å². The molecule has 12 heteroatoms. The number of azide groups is 1. The Morgan fingerprint density at radius 2 is 1.42 bits per heavy atom. The molecule has 11 nitrogen and oxygen atoms in total. The number of carbonyl (C=O) groups is 1. The van der Waals surface area contributed by atoms with Crippen molar-refractivity contribution in [2.45, 2.75) is 29.1 Å². The predicted molar refractivity (Wildman–Crippen MR) is 186 cm³/mol. The summed E-state index contributed by atoms with van der Waals surface area (Å²) in [7, 11) is 0. The minimum absolute atomic E-state index is 0.0103. The van der Waals surface area contributed by atoms with Gasteiger partial charge in [0.2, 0.25) is 0 Å². The summed E-state index contributed by atoms with van der Waals surface area (Å²) in [5, 5.41) is 16.7. The summed E-state index contributed by atoms with van der Waals surface area (Å²) in [6.07, 6.45) is 0.362. The molecule has 0 saturated carbocycles. The molecule has 2 fully saturated rings. The Hall–Kier alpha value is -5.03. The maximum absolute atomic E-state index is 13.8. The van der Waals surface area contributed by atoms with Crippen molar-refractivity contribution in [1.29, 1.82) is 0 Å². The van der Waals surface area contributed by atoms with E-state index in [9.17, 15) is 14.9 Å². The number of nitro groups is 1. The average Bonchev–Trinajstić information content (AvgIpc) is 3.53. The third-order valence-corrected chi connectivity index (χ3v) is 10.7. The van der Waals surface area contributed by atoms with Gasteiger partial charge in [-0.1, -0.05) is 91.0 Å². The molecule has 2 atom stereocenters. The molecule has 0 bridgehead atoms. The van der Waals surface area contributed by atoms with Gasteiger partial charge in [0.15, 0.2) is 0 Å². The zero-order chi connectivity index (χ0) is 33.3. The minimum Gasteiger partial charge on any atom is -0.445 e. The summed E-state index contributed by atoms with van der Waals surface area (Å²) >= 11 is 1.88. The van der Waals surface area contributed by atoms with Gasteiger partial charge < -0.3 is 9.64 Å². The monoisotopic (exact) mass is 663 g/mol. The molecular weight excluding hydrogens is 627 g/mol. The number of non-ortho nitro benzene ring substituents is 1. The van der Waals surface area contributed by atoms with E-state index in [-0.39, 0.29) is 23.6 Å². The Bertz CT molecular complexity index is 1620. The molecule has 6 rings (SSSR count). The summed E-state index contributed by atoms with van der Waals surface area (Å²) in [5.41, 5.74) is 13.0. The molecule has 0 unspecified atom stereocenters. The number of rotatable bonds is 11. The highest BCUT2D eigenvalue weighted by Gasteiger charge is 2.45. The second-order valence-electron chi connectivity index (χ2n) is 12.0. The zero-order valence-electron chi connectivity index (χ0n) is 26.5. The molecule has 2 heterocycles. The molecule has 0 aliphatic carbocycles. The van der Waals surface area contributed by atoms with Crippen LogP contribution in [0.5, 0.6) is 0 Å².